The van der Waals surface area contributed by atoms with Gasteiger partial charge in [-0.3, -0.25) is 4.79 Å². The van der Waals surface area contributed by atoms with E-state index in [0.29, 0.717) is 13.1 Å². The molecule has 0 aliphatic carbocycles. The fourth-order valence-electron chi connectivity index (χ4n) is 1.54. The summed E-state index contributed by atoms with van der Waals surface area (Å²) < 4.78 is 22.6. The molecule has 0 heterocycles. The van der Waals surface area contributed by atoms with Crippen LogP contribution in [0.4, 0.5) is 0 Å². The van der Waals surface area contributed by atoms with E-state index in [4.69, 9.17) is 16.7 Å². The Hall–Kier alpha value is -1.37. The lowest BCUT2D eigenvalue weighted by Crippen LogP contribution is -2.31. The van der Waals surface area contributed by atoms with Gasteiger partial charge in [-0.1, -0.05) is 17.7 Å². The van der Waals surface area contributed by atoms with Crippen molar-refractivity contribution in [2.24, 2.45) is 5.14 Å². The molecule has 1 amide bonds. The molecule has 19 heavy (non-hydrogen) atoms. The van der Waals surface area contributed by atoms with Crippen molar-refractivity contribution in [2.75, 3.05) is 13.1 Å². The standard InChI is InChI=1S/C12H15ClN2O3S/c1-3-5-15(4-2)12(16)9-6-10(13)8-11(7-9)19(14,17)18/h3,6-8H,1,4-5H2,2H3,(H2,14,17,18). The highest BCUT2D eigenvalue weighted by Gasteiger charge is 2.17. The maximum absolute atomic E-state index is 12.2. The number of nitrogens with zero attached hydrogens (tertiary/aromatic N) is 1. The average Bonchev–Trinajstić information content (AvgIpc) is 2.33. The minimum atomic E-state index is -3.90. The quantitative estimate of drug-likeness (QED) is 0.840. The molecular weight excluding hydrogens is 288 g/mol. The van der Waals surface area contributed by atoms with Gasteiger partial charge in [0.25, 0.3) is 5.91 Å². The summed E-state index contributed by atoms with van der Waals surface area (Å²) in [5, 5.41) is 5.18. The molecule has 0 saturated heterocycles. The lowest BCUT2D eigenvalue weighted by Gasteiger charge is -2.19. The summed E-state index contributed by atoms with van der Waals surface area (Å²) in [6.07, 6.45) is 1.59. The number of halogens is 1. The Bertz CT molecular complexity index is 599. The topological polar surface area (TPSA) is 80.5 Å². The van der Waals surface area contributed by atoms with Gasteiger partial charge in [0.05, 0.1) is 4.90 Å². The molecule has 0 aromatic heterocycles. The third-order valence-electron chi connectivity index (χ3n) is 2.47. The molecule has 0 atom stereocenters. The van der Waals surface area contributed by atoms with Crippen LogP contribution < -0.4 is 5.14 Å². The van der Waals surface area contributed by atoms with Crippen molar-refractivity contribution >= 4 is 27.5 Å². The van der Waals surface area contributed by atoms with Gasteiger partial charge in [0.1, 0.15) is 0 Å². The Morgan fingerprint density at radius 3 is 2.58 bits per heavy atom. The van der Waals surface area contributed by atoms with E-state index in [2.05, 4.69) is 6.58 Å². The minimum Gasteiger partial charge on any atom is -0.335 e. The number of primary sulfonamides is 1. The van der Waals surface area contributed by atoms with Gasteiger partial charge >= 0.3 is 0 Å². The molecule has 0 aliphatic rings. The van der Waals surface area contributed by atoms with E-state index in [0.717, 1.165) is 0 Å². The fraction of sp³-hybridized carbons (Fsp3) is 0.250. The molecule has 5 nitrogen and oxygen atoms in total. The molecule has 0 spiro atoms. The largest absolute Gasteiger partial charge is 0.335 e. The molecule has 0 radical (unpaired) electrons. The van der Waals surface area contributed by atoms with Crippen molar-refractivity contribution in [1.29, 1.82) is 0 Å². The second kappa shape index (κ2) is 6.18. The zero-order valence-electron chi connectivity index (χ0n) is 10.5. The molecule has 0 aliphatic heterocycles. The summed E-state index contributed by atoms with van der Waals surface area (Å²) in [7, 11) is -3.90. The van der Waals surface area contributed by atoms with Crippen molar-refractivity contribution < 1.29 is 13.2 Å². The van der Waals surface area contributed by atoms with Gasteiger partial charge in [-0.05, 0) is 25.1 Å². The summed E-state index contributed by atoms with van der Waals surface area (Å²) in [5.74, 6) is -0.324. The lowest BCUT2D eigenvalue weighted by atomic mass is 10.2. The van der Waals surface area contributed by atoms with E-state index in [1.54, 1.807) is 6.08 Å². The summed E-state index contributed by atoms with van der Waals surface area (Å²) in [5.41, 5.74) is 0.181. The Kier molecular flexibility index (Phi) is 5.11. The third-order valence-corrected chi connectivity index (χ3v) is 3.58. The second-order valence-electron chi connectivity index (χ2n) is 3.85. The van der Waals surface area contributed by atoms with Crippen LogP contribution in [0.3, 0.4) is 0 Å². The average molecular weight is 303 g/mol. The fourth-order valence-corrected chi connectivity index (χ4v) is 2.43. The van der Waals surface area contributed by atoms with Crippen LogP contribution >= 0.6 is 11.6 Å². The third kappa shape index (κ3) is 4.05. The van der Waals surface area contributed by atoms with Gasteiger partial charge in [0.15, 0.2) is 0 Å². The van der Waals surface area contributed by atoms with Gasteiger partial charge in [-0.15, -0.1) is 6.58 Å². The number of sulfonamides is 1. The first kappa shape index (κ1) is 15.7. The Labute approximate surface area is 117 Å². The highest BCUT2D eigenvalue weighted by Crippen LogP contribution is 2.19. The molecule has 0 fully saturated rings. The predicted octanol–water partition coefficient (Wildman–Crippen LogP) is 1.64. The summed E-state index contributed by atoms with van der Waals surface area (Å²) in [4.78, 5) is 13.5. The second-order valence-corrected chi connectivity index (χ2v) is 5.85. The molecule has 1 aromatic rings. The number of hydrogen-bond acceptors (Lipinski definition) is 3. The van der Waals surface area contributed by atoms with E-state index >= 15 is 0 Å². The van der Waals surface area contributed by atoms with Gasteiger partial charge in [-0.2, -0.15) is 0 Å². The van der Waals surface area contributed by atoms with Crippen molar-refractivity contribution in [3.05, 3.63) is 41.4 Å². The van der Waals surface area contributed by atoms with Crippen LogP contribution in [-0.4, -0.2) is 32.3 Å². The first-order chi connectivity index (χ1) is 8.79. The van der Waals surface area contributed by atoms with Crippen molar-refractivity contribution in [1.82, 2.24) is 4.90 Å². The van der Waals surface area contributed by atoms with Gasteiger partial charge in [0.2, 0.25) is 10.0 Å². The highest BCUT2D eigenvalue weighted by molar-refractivity contribution is 7.89. The molecule has 1 aromatic carbocycles. The number of rotatable bonds is 5. The maximum atomic E-state index is 12.2. The van der Waals surface area contributed by atoms with E-state index < -0.39 is 10.0 Å². The molecule has 2 N–H and O–H groups in total. The number of hydrogen-bond donors (Lipinski definition) is 1. The number of nitrogens with two attached hydrogens (primary N) is 1. The summed E-state index contributed by atoms with van der Waals surface area (Å²) in [6.45, 7) is 6.22. The smallest absolute Gasteiger partial charge is 0.254 e. The van der Waals surface area contributed by atoms with Crippen LogP contribution in [-0.2, 0) is 10.0 Å². The van der Waals surface area contributed by atoms with E-state index in [1.165, 1.54) is 23.1 Å². The Morgan fingerprint density at radius 1 is 1.47 bits per heavy atom. The SMILES string of the molecule is C=CCN(CC)C(=O)c1cc(Cl)cc(S(N)(=O)=O)c1. The Morgan fingerprint density at radius 2 is 2.11 bits per heavy atom. The van der Waals surface area contributed by atoms with Crippen molar-refractivity contribution in [3.63, 3.8) is 0 Å². The first-order valence-corrected chi connectivity index (χ1v) is 7.45. The maximum Gasteiger partial charge on any atom is 0.254 e. The van der Waals surface area contributed by atoms with E-state index in [-0.39, 0.29) is 21.4 Å². The summed E-state index contributed by atoms with van der Waals surface area (Å²) >= 11 is 5.81. The molecule has 104 valence electrons. The minimum absolute atomic E-state index is 0.143. The normalized spacial score (nSPS) is 11.1. The van der Waals surface area contributed by atoms with Crippen LogP contribution in [0.1, 0.15) is 17.3 Å². The molecule has 0 saturated carbocycles. The number of benzene rings is 1. The van der Waals surface area contributed by atoms with E-state index in [1.807, 2.05) is 6.92 Å². The molecule has 1 rings (SSSR count). The first-order valence-electron chi connectivity index (χ1n) is 5.53. The van der Waals surface area contributed by atoms with Crippen LogP contribution in [0.5, 0.6) is 0 Å². The van der Waals surface area contributed by atoms with Gasteiger partial charge in [0, 0.05) is 23.7 Å². The molecule has 7 heteroatoms. The lowest BCUT2D eigenvalue weighted by molar-refractivity contribution is 0.0782. The zero-order chi connectivity index (χ0) is 14.6. The van der Waals surface area contributed by atoms with Crippen LogP contribution in [0, 0.1) is 0 Å². The van der Waals surface area contributed by atoms with Gasteiger partial charge in [-0.25, -0.2) is 13.6 Å². The highest BCUT2D eigenvalue weighted by atomic mass is 35.5. The number of amides is 1. The van der Waals surface area contributed by atoms with E-state index in [9.17, 15) is 13.2 Å². The predicted molar refractivity (Wildman–Crippen MR) is 74.6 cm³/mol. The summed E-state index contributed by atoms with van der Waals surface area (Å²) in [6, 6.07) is 3.83. The molecule has 0 unspecified atom stereocenters. The van der Waals surface area contributed by atoms with Crippen molar-refractivity contribution in [2.45, 2.75) is 11.8 Å². The van der Waals surface area contributed by atoms with Crippen molar-refractivity contribution in [3.8, 4) is 0 Å². The Balaban J connectivity index is 3.24. The zero-order valence-corrected chi connectivity index (χ0v) is 12.0. The number of carbonyl (C=O) groups excluding carboxylic acids is 1. The number of likely N-dealkylation sites (N-methyl/N-ethyl adjacent to an activating group) is 1. The van der Waals surface area contributed by atoms with Gasteiger partial charge < -0.3 is 4.90 Å². The molecular formula is C12H15ClN2O3S. The van der Waals surface area contributed by atoms with Crippen LogP contribution in [0.25, 0.3) is 0 Å². The van der Waals surface area contributed by atoms with Crippen LogP contribution in [0.2, 0.25) is 5.02 Å². The molecule has 0 bridgehead atoms. The monoisotopic (exact) mass is 302 g/mol. The number of carbonyl (C=O) groups is 1. The van der Waals surface area contributed by atoms with Crippen LogP contribution in [0.15, 0.2) is 35.7 Å².